The van der Waals surface area contributed by atoms with Gasteiger partial charge in [0.05, 0.1) is 25.6 Å². The number of benzene rings is 1. The summed E-state index contributed by atoms with van der Waals surface area (Å²) in [7, 11) is -3.94. The number of anilines is 1. The molecule has 0 aliphatic carbocycles. The predicted octanol–water partition coefficient (Wildman–Crippen LogP) is 3.71. The van der Waals surface area contributed by atoms with Crippen LogP contribution in [0.25, 0.3) is 11.2 Å². The van der Waals surface area contributed by atoms with Crippen LogP contribution in [-0.4, -0.2) is 51.4 Å². The number of fused-ring (bicyclic) bond motifs is 1. The molecule has 0 saturated carbocycles. The van der Waals surface area contributed by atoms with E-state index in [2.05, 4.69) is 20.0 Å². The van der Waals surface area contributed by atoms with Crippen molar-refractivity contribution in [1.82, 2.24) is 24.6 Å². The smallest absolute Gasteiger partial charge is 0.459 e. The van der Waals surface area contributed by atoms with E-state index in [9.17, 15) is 9.36 Å². The van der Waals surface area contributed by atoms with Gasteiger partial charge in [0.1, 0.15) is 30.4 Å². The molecule has 13 heteroatoms. The summed E-state index contributed by atoms with van der Waals surface area (Å²) in [6.45, 7) is 7.74. The van der Waals surface area contributed by atoms with Crippen molar-refractivity contribution >= 4 is 30.7 Å². The Bertz CT molecular complexity index is 1260. The molecule has 37 heavy (non-hydrogen) atoms. The van der Waals surface area contributed by atoms with Gasteiger partial charge in [0.25, 0.3) is 0 Å². The summed E-state index contributed by atoms with van der Waals surface area (Å²) in [5.41, 5.74) is 6.78. The third-order valence-electron chi connectivity index (χ3n) is 5.60. The van der Waals surface area contributed by atoms with Crippen LogP contribution in [0.15, 0.2) is 43.0 Å². The maximum Gasteiger partial charge on any atom is 0.459 e. The highest BCUT2D eigenvalue weighted by atomic mass is 31.2. The van der Waals surface area contributed by atoms with Crippen molar-refractivity contribution in [2.24, 2.45) is 11.3 Å². The number of imidazole rings is 1. The lowest BCUT2D eigenvalue weighted by Crippen LogP contribution is -2.29. The molecular formula is C24H33N6O6P. The largest absolute Gasteiger partial charge is 0.464 e. The molecule has 4 rings (SSSR count). The first-order chi connectivity index (χ1) is 17.5. The molecule has 1 aromatic carbocycles. The lowest BCUT2D eigenvalue weighted by molar-refractivity contribution is -0.145. The van der Waals surface area contributed by atoms with Gasteiger partial charge in [-0.2, -0.15) is 0 Å². The highest BCUT2D eigenvalue weighted by molar-refractivity contribution is 7.52. The Morgan fingerprint density at radius 2 is 2.00 bits per heavy atom. The van der Waals surface area contributed by atoms with E-state index in [1.807, 2.05) is 38.3 Å². The van der Waals surface area contributed by atoms with Gasteiger partial charge in [-0.3, -0.25) is 13.9 Å². The summed E-state index contributed by atoms with van der Waals surface area (Å²) in [6.07, 6.45) is 2.87. The van der Waals surface area contributed by atoms with Gasteiger partial charge in [-0.1, -0.05) is 45.9 Å². The van der Waals surface area contributed by atoms with E-state index >= 15 is 0 Å². The van der Waals surface area contributed by atoms with Crippen LogP contribution in [0.3, 0.4) is 0 Å². The zero-order valence-electron chi connectivity index (χ0n) is 21.4. The SMILES string of the molecule is C[C@H]1C[C@@H](COP(=O)(NCC(=O)OCC(C)(C)C)Oc2ccccc2)O[C@H]1n1cnc2c(N)ncnc21. The van der Waals surface area contributed by atoms with Gasteiger partial charge in [-0.15, -0.1) is 0 Å². The second kappa shape index (κ2) is 11.1. The fourth-order valence-corrected chi connectivity index (χ4v) is 5.13. The Labute approximate surface area is 215 Å². The quantitative estimate of drug-likeness (QED) is 0.290. The van der Waals surface area contributed by atoms with E-state index in [1.165, 1.54) is 6.33 Å². The van der Waals surface area contributed by atoms with Crippen molar-refractivity contribution in [2.45, 2.75) is 46.4 Å². The van der Waals surface area contributed by atoms with Crippen LogP contribution in [0.5, 0.6) is 5.75 Å². The topological polar surface area (TPSA) is 153 Å². The number of carbonyl (C=O) groups is 1. The van der Waals surface area contributed by atoms with Crippen LogP contribution < -0.4 is 15.3 Å². The average Bonchev–Trinajstić information content (AvgIpc) is 3.44. The minimum absolute atomic E-state index is 0.0290. The molecule has 1 fully saturated rings. The van der Waals surface area contributed by atoms with E-state index in [0.717, 1.165) is 0 Å². The van der Waals surface area contributed by atoms with Crippen LogP contribution in [0.4, 0.5) is 5.82 Å². The molecule has 3 heterocycles. The second-order valence-electron chi connectivity index (χ2n) is 10.2. The number of para-hydroxylation sites is 1. The second-order valence-corrected chi connectivity index (χ2v) is 12.0. The Balaban J connectivity index is 1.41. The first-order valence-electron chi connectivity index (χ1n) is 12.0. The van der Waals surface area contributed by atoms with Crippen molar-refractivity contribution in [3.63, 3.8) is 0 Å². The molecule has 0 bridgehead atoms. The van der Waals surface area contributed by atoms with Gasteiger partial charge in [0, 0.05) is 5.92 Å². The molecule has 200 valence electrons. The van der Waals surface area contributed by atoms with Crippen molar-refractivity contribution in [1.29, 1.82) is 0 Å². The number of ether oxygens (including phenoxy) is 2. The minimum Gasteiger partial charge on any atom is -0.464 e. The molecule has 1 unspecified atom stereocenters. The van der Waals surface area contributed by atoms with Crippen LogP contribution in [-0.2, 0) is 23.4 Å². The molecule has 0 spiro atoms. The molecule has 2 aromatic heterocycles. The van der Waals surface area contributed by atoms with Gasteiger partial charge in [0.15, 0.2) is 11.5 Å². The van der Waals surface area contributed by atoms with Gasteiger partial charge < -0.3 is 19.7 Å². The molecule has 4 atom stereocenters. The van der Waals surface area contributed by atoms with Crippen molar-refractivity contribution in [3.8, 4) is 5.75 Å². The summed E-state index contributed by atoms with van der Waals surface area (Å²) in [5.74, 6) is 0.147. The highest BCUT2D eigenvalue weighted by Crippen LogP contribution is 2.45. The lowest BCUT2D eigenvalue weighted by atomic mass is 9.99. The van der Waals surface area contributed by atoms with E-state index in [0.29, 0.717) is 29.2 Å². The number of rotatable bonds is 10. The van der Waals surface area contributed by atoms with Crippen LogP contribution in [0.2, 0.25) is 0 Å². The number of aromatic nitrogens is 4. The predicted molar refractivity (Wildman–Crippen MR) is 136 cm³/mol. The molecule has 1 saturated heterocycles. The Morgan fingerprint density at radius 3 is 2.73 bits per heavy atom. The Hall–Kier alpha value is -3.05. The normalized spacial score (nSPS) is 21.6. The molecule has 3 N–H and O–H groups in total. The summed E-state index contributed by atoms with van der Waals surface area (Å²) < 4.78 is 38.3. The maximum absolute atomic E-state index is 13.6. The molecule has 0 radical (unpaired) electrons. The van der Waals surface area contributed by atoms with Crippen molar-refractivity contribution < 1.29 is 27.9 Å². The third kappa shape index (κ3) is 7.04. The Morgan fingerprint density at radius 1 is 1.24 bits per heavy atom. The standard InChI is InChI=1S/C24H33N6O6P/c1-16-10-18(35-23(16)30-15-28-20-21(25)26-14-27-22(20)30)12-34-37(32,36-17-8-6-5-7-9-17)29-11-19(31)33-13-24(2,3)4/h5-9,14-16,18,23H,10-13H2,1-4H3,(H,29,32)(H2,25,26,27)/t16-,18-,23+,37?/m0/s1. The van der Waals surface area contributed by atoms with Gasteiger partial charge in [0.2, 0.25) is 0 Å². The average molecular weight is 533 g/mol. The first-order valence-corrected chi connectivity index (χ1v) is 13.6. The number of carbonyl (C=O) groups excluding carboxylic acids is 1. The zero-order valence-corrected chi connectivity index (χ0v) is 22.3. The third-order valence-corrected chi connectivity index (χ3v) is 7.08. The van der Waals surface area contributed by atoms with Crippen LogP contribution in [0, 0.1) is 11.3 Å². The van der Waals surface area contributed by atoms with E-state index in [4.69, 9.17) is 24.3 Å². The van der Waals surface area contributed by atoms with Crippen LogP contribution >= 0.6 is 7.75 Å². The molecule has 1 aliphatic rings. The van der Waals surface area contributed by atoms with Crippen molar-refractivity contribution in [2.75, 3.05) is 25.5 Å². The number of nitrogens with one attached hydrogen (secondary N) is 1. The van der Waals surface area contributed by atoms with Gasteiger partial charge in [-0.05, 0) is 24.0 Å². The van der Waals surface area contributed by atoms with Crippen molar-refractivity contribution in [3.05, 3.63) is 43.0 Å². The fourth-order valence-electron chi connectivity index (χ4n) is 3.84. The number of hydrogen-bond donors (Lipinski definition) is 2. The fraction of sp³-hybridized carbons (Fsp3) is 0.500. The van der Waals surface area contributed by atoms with E-state index in [1.54, 1.807) is 30.6 Å². The van der Waals surface area contributed by atoms with E-state index < -0.39 is 13.7 Å². The minimum atomic E-state index is -3.94. The number of esters is 1. The van der Waals surface area contributed by atoms with Crippen LogP contribution in [0.1, 0.15) is 40.3 Å². The summed E-state index contributed by atoms with van der Waals surface area (Å²) >= 11 is 0. The monoisotopic (exact) mass is 532 g/mol. The maximum atomic E-state index is 13.6. The van der Waals surface area contributed by atoms with E-state index in [-0.39, 0.29) is 43.4 Å². The molecule has 1 aliphatic heterocycles. The lowest BCUT2D eigenvalue weighted by Gasteiger charge is -2.22. The van der Waals surface area contributed by atoms with Gasteiger partial charge in [-0.25, -0.2) is 24.6 Å². The number of nitrogens with two attached hydrogens (primary N) is 1. The molecule has 12 nitrogen and oxygen atoms in total. The molecular weight excluding hydrogens is 499 g/mol. The molecule has 0 amide bonds. The Kier molecular flexibility index (Phi) is 8.13. The first kappa shape index (κ1) is 27.0. The zero-order chi connectivity index (χ0) is 26.6. The summed E-state index contributed by atoms with van der Waals surface area (Å²) in [4.78, 5) is 24.8. The molecule has 3 aromatic rings. The van der Waals surface area contributed by atoms with Gasteiger partial charge >= 0.3 is 13.7 Å². The summed E-state index contributed by atoms with van der Waals surface area (Å²) in [6, 6.07) is 8.60. The number of nitrogen functional groups attached to an aromatic ring is 1. The number of nitrogens with zero attached hydrogens (tertiary/aromatic N) is 4. The highest BCUT2D eigenvalue weighted by Gasteiger charge is 2.37. The summed E-state index contributed by atoms with van der Waals surface area (Å²) in [5, 5.41) is 2.62. The number of hydrogen-bond acceptors (Lipinski definition) is 10.